The molecule has 0 saturated carbocycles. The Balaban J connectivity index is 1.29. The van der Waals surface area contributed by atoms with E-state index < -0.39 is 28.7 Å². The van der Waals surface area contributed by atoms with E-state index in [1.165, 1.54) is 0 Å². The van der Waals surface area contributed by atoms with Crippen molar-refractivity contribution in [2.24, 2.45) is 0 Å². The molecule has 4 N–H and O–H groups in total. The first-order chi connectivity index (χ1) is 26.9. The number of anilines is 1. The van der Waals surface area contributed by atoms with Gasteiger partial charge in [-0.1, -0.05) is 152 Å². The highest BCUT2D eigenvalue weighted by molar-refractivity contribution is 8.00. The summed E-state index contributed by atoms with van der Waals surface area (Å²) in [6.07, 6.45) is 2.06. The van der Waals surface area contributed by atoms with Gasteiger partial charge >= 0.3 is 5.97 Å². The summed E-state index contributed by atoms with van der Waals surface area (Å²) in [5.74, 6) is -0.889. The van der Waals surface area contributed by atoms with Gasteiger partial charge in [0.15, 0.2) is 0 Å². The van der Waals surface area contributed by atoms with Crippen LogP contribution in [0.3, 0.4) is 0 Å². The molecule has 0 aliphatic heterocycles. The van der Waals surface area contributed by atoms with Crippen molar-refractivity contribution in [1.29, 1.82) is 0 Å². The maximum absolute atomic E-state index is 14.4. The number of hydrogen-bond acceptors (Lipinski definition) is 6. The number of rotatable bonds is 18. The molecular formula is C46H44N4O4S. The van der Waals surface area contributed by atoms with Gasteiger partial charge in [-0.05, 0) is 51.9 Å². The Morgan fingerprint density at radius 1 is 0.636 bits per heavy atom. The number of carboxylic acids is 1. The number of carbonyl (C=O) groups excluding carboxylic acids is 2. The number of aliphatic carboxylic acids is 1. The molecule has 0 spiro atoms. The molecule has 6 rings (SSSR count). The zero-order valence-electron chi connectivity index (χ0n) is 30.4. The molecule has 0 fully saturated rings. The van der Waals surface area contributed by atoms with Crippen LogP contribution in [0.15, 0.2) is 170 Å². The molecule has 1 heterocycles. The molecule has 6 aromatic rings. The second kappa shape index (κ2) is 19.2. The smallest absolute Gasteiger partial charge is 0.305 e. The average Bonchev–Trinajstić information content (AvgIpc) is 3.23. The van der Waals surface area contributed by atoms with Gasteiger partial charge in [0.1, 0.15) is 11.9 Å². The lowest BCUT2D eigenvalue weighted by Crippen LogP contribution is -2.50. The lowest BCUT2D eigenvalue weighted by molar-refractivity contribution is -0.138. The van der Waals surface area contributed by atoms with Crippen molar-refractivity contribution >= 4 is 35.4 Å². The van der Waals surface area contributed by atoms with Crippen LogP contribution in [0.4, 0.5) is 5.82 Å². The van der Waals surface area contributed by atoms with E-state index in [-0.39, 0.29) is 24.5 Å². The SMILES string of the molecule is O=C(O)CC(NC(=O)[C@@H](CSC(c1ccccc1)(c1ccccc1)c1ccccc1)NC(=O)CCCNc1ccccn1)c1ccc(-c2ccccc2)cc1. The number of pyridine rings is 1. The molecule has 0 bridgehead atoms. The summed E-state index contributed by atoms with van der Waals surface area (Å²) >= 11 is 1.56. The molecule has 1 aromatic heterocycles. The predicted octanol–water partition coefficient (Wildman–Crippen LogP) is 8.48. The minimum Gasteiger partial charge on any atom is -0.481 e. The van der Waals surface area contributed by atoms with Gasteiger partial charge in [0.2, 0.25) is 11.8 Å². The molecule has 5 aromatic carbocycles. The number of amides is 2. The predicted molar refractivity (Wildman–Crippen MR) is 221 cm³/mol. The van der Waals surface area contributed by atoms with Crippen molar-refractivity contribution in [3.63, 3.8) is 0 Å². The zero-order valence-corrected chi connectivity index (χ0v) is 31.2. The molecule has 0 radical (unpaired) electrons. The first kappa shape index (κ1) is 38.5. The fraction of sp³-hybridized carbons (Fsp3) is 0.174. The Labute approximate surface area is 326 Å². The average molecular weight is 749 g/mol. The molecule has 0 aliphatic rings. The van der Waals surface area contributed by atoms with Crippen molar-refractivity contribution in [3.05, 3.63) is 192 Å². The van der Waals surface area contributed by atoms with Gasteiger partial charge in [-0.25, -0.2) is 4.98 Å². The van der Waals surface area contributed by atoms with E-state index in [1.807, 2.05) is 127 Å². The molecule has 278 valence electrons. The highest BCUT2D eigenvalue weighted by Gasteiger charge is 2.39. The van der Waals surface area contributed by atoms with Crippen LogP contribution < -0.4 is 16.0 Å². The number of carboxylic acid groups (broad SMARTS) is 1. The fourth-order valence-corrected chi connectivity index (χ4v) is 8.16. The summed E-state index contributed by atoms with van der Waals surface area (Å²) < 4.78 is -0.743. The number of nitrogens with zero attached hydrogens (tertiary/aromatic N) is 1. The highest BCUT2D eigenvalue weighted by Crippen LogP contribution is 2.48. The van der Waals surface area contributed by atoms with Crippen LogP contribution in [0.5, 0.6) is 0 Å². The van der Waals surface area contributed by atoms with Gasteiger partial charge in [-0.3, -0.25) is 14.4 Å². The monoisotopic (exact) mass is 748 g/mol. The third-order valence-corrected chi connectivity index (χ3v) is 11.0. The third kappa shape index (κ3) is 10.3. The van der Waals surface area contributed by atoms with E-state index in [9.17, 15) is 19.5 Å². The summed E-state index contributed by atoms with van der Waals surface area (Å²) in [5.41, 5.74) is 5.72. The molecule has 1 unspecified atom stereocenters. The van der Waals surface area contributed by atoms with E-state index in [4.69, 9.17) is 0 Å². The normalized spacial score (nSPS) is 12.2. The zero-order chi connectivity index (χ0) is 38.3. The van der Waals surface area contributed by atoms with E-state index in [0.717, 1.165) is 33.6 Å². The van der Waals surface area contributed by atoms with Gasteiger partial charge in [-0.15, -0.1) is 11.8 Å². The van der Waals surface area contributed by atoms with Crippen molar-refractivity contribution in [3.8, 4) is 11.1 Å². The molecule has 2 atom stereocenters. The van der Waals surface area contributed by atoms with E-state index >= 15 is 0 Å². The van der Waals surface area contributed by atoms with Crippen LogP contribution in [0.2, 0.25) is 0 Å². The second-order valence-electron chi connectivity index (χ2n) is 13.1. The fourth-order valence-electron chi connectivity index (χ4n) is 6.60. The summed E-state index contributed by atoms with van der Waals surface area (Å²) in [5, 5.41) is 19.2. The quantitative estimate of drug-likeness (QED) is 0.0514. The Hall–Kier alpha value is -6.19. The van der Waals surface area contributed by atoms with Crippen LogP contribution >= 0.6 is 11.8 Å². The van der Waals surface area contributed by atoms with Gasteiger partial charge < -0.3 is 21.1 Å². The van der Waals surface area contributed by atoms with Crippen molar-refractivity contribution < 1.29 is 19.5 Å². The maximum Gasteiger partial charge on any atom is 0.305 e. The Bertz CT molecular complexity index is 2010. The minimum atomic E-state index is -1.05. The summed E-state index contributed by atoms with van der Waals surface area (Å²) in [4.78, 5) is 44.4. The minimum absolute atomic E-state index is 0.176. The first-order valence-electron chi connectivity index (χ1n) is 18.3. The van der Waals surface area contributed by atoms with Crippen molar-refractivity contribution in [1.82, 2.24) is 15.6 Å². The number of aromatic nitrogens is 1. The molecule has 55 heavy (non-hydrogen) atoms. The second-order valence-corrected chi connectivity index (χ2v) is 14.3. The van der Waals surface area contributed by atoms with Gasteiger partial charge in [0, 0.05) is 24.9 Å². The molecule has 8 nitrogen and oxygen atoms in total. The number of benzene rings is 5. The van der Waals surface area contributed by atoms with Crippen LogP contribution in [0.25, 0.3) is 11.1 Å². The summed E-state index contributed by atoms with van der Waals surface area (Å²) in [7, 11) is 0. The highest BCUT2D eigenvalue weighted by atomic mass is 32.2. The number of hydrogen-bond donors (Lipinski definition) is 4. The topological polar surface area (TPSA) is 120 Å². The van der Waals surface area contributed by atoms with Gasteiger partial charge in [0.05, 0.1) is 17.2 Å². The van der Waals surface area contributed by atoms with Crippen LogP contribution in [0.1, 0.15) is 47.6 Å². The summed E-state index contributed by atoms with van der Waals surface area (Å²) in [6.45, 7) is 0.523. The number of carbonyl (C=O) groups is 3. The van der Waals surface area contributed by atoms with Crippen molar-refractivity contribution in [2.75, 3.05) is 17.6 Å². The van der Waals surface area contributed by atoms with E-state index in [1.54, 1.807) is 18.0 Å². The first-order valence-corrected chi connectivity index (χ1v) is 19.3. The Morgan fingerprint density at radius 3 is 1.69 bits per heavy atom. The van der Waals surface area contributed by atoms with Gasteiger partial charge in [-0.2, -0.15) is 0 Å². The largest absolute Gasteiger partial charge is 0.481 e. The summed E-state index contributed by atoms with van der Waals surface area (Å²) in [6, 6.07) is 51.6. The molecular weight excluding hydrogens is 705 g/mol. The van der Waals surface area contributed by atoms with E-state index in [2.05, 4.69) is 57.3 Å². The standard InChI is InChI=1S/C46H44N4O4S/c51-43(25-15-31-48-42-24-13-14-30-47-42)49-41(45(54)50-40(32-44(52)53)36-28-26-35(27-29-36)34-16-5-1-6-17-34)33-55-46(37-18-7-2-8-19-37,38-20-9-3-10-21-38)39-22-11-4-12-23-39/h1-14,16-24,26-30,40-41H,15,25,31-33H2,(H,47,48)(H,49,51)(H,50,54)(H,52,53)/t40?,41-/m1/s1. The Kier molecular flexibility index (Phi) is 13.5. The van der Waals surface area contributed by atoms with Crippen LogP contribution in [0, 0.1) is 0 Å². The lowest BCUT2D eigenvalue weighted by atomic mass is 9.84. The lowest BCUT2D eigenvalue weighted by Gasteiger charge is -2.36. The number of thioether (sulfide) groups is 1. The molecule has 9 heteroatoms. The molecule has 0 saturated heterocycles. The molecule has 2 amide bonds. The van der Waals surface area contributed by atoms with Crippen molar-refractivity contribution in [2.45, 2.75) is 36.1 Å². The molecule has 0 aliphatic carbocycles. The van der Waals surface area contributed by atoms with Gasteiger partial charge in [0.25, 0.3) is 0 Å². The van der Waals surface area contributed by atoms with Crippen LogP contribution in [-0.2, 0) is 19.1 Å². The maximum atomic E-state index is 14.4. The van der Waals surface area contributed by atoms with E-state index in [0.29, 0.717) is 18.5 Å². The third-order valence-electron chi connectivity index (χ3n) is 9.33. The Morgan fingerprint density at radius 2 is 1.16 bits per heavy atom. The number of nitrogens with one attached hydrogen (secondary N) is 3. The van der Waals surface area contributed by atoms with Crippen LogP contribution in [-0.4, -0.2) is 46.2 Å².